The van der Waals surface area contributed by atoms with Gasteiger partial charge in [0.05, 0.1) is 24.0 Å². The average molecular weight is 210 g/mol. The first-order valence-corrected chi connectivity index (χ1v) is 5.63. The van der Waals surface area contributed by atoms with Gasteiger partial charge in [-0.1, -0.05) is 6.92 Å². The first-order chi connectivity index (χ1) is 5.89. The highest BCUT2D eigenvalue weighted by molar-refractivity contribution is 7.91. The van der Waals surface area contributed by atoms with Crippen molar-refractivity contribution >= 4 is 15.8 Å². The van der Waals surface area contributed by atoms with Crippen molar-refractivity contribution in [3.63, 3.8) is 0 Å². The summed E-state index contributed by atoms with van der Waals surface area (Å²) in [5.74, 6) is -2.41. The fraction of sp³-hybridized carbons (Fsp3) is 0.857. The number of sulfone groups is 1. The van der Waals surface area contributed by atoms with Crippen LogP contribution in [-0.2, 0) is 19.4 Å². The predicted molar refractivity (Wildman–Crippen MR) is 47.3 cm³/mol. The summed E-state index contributed by atoms with van der Waals surface area (Å²) in [6.07, 6.45) is 0. The van der Waals surface area contributed by atoms with Gasteiger partial charge in [0.25, 0.3) is 0 Å². The van der Waals surface area contributed by atoms with E-state index in [0.717, 1.165) is 0 Å². The van der Waals surface area contributed by atoms with Crippen LogP contribution in [0.4, 0.5) is 0 Å². The number of ether oxygens (including phenoxy) is 1. The second kappa shape index (κ2) is 5.18. The Morgan fingerprint density at radius 2 is 2.08 bits per heavy atom. The number of methoxy groups -OCH3 is 1. The van der Waals surface area contributed by atoms with Gasteiger partial charge in [0.1, 0.15) is 0 Å². The van der Waals surface area contributed by atoms with E-state index in [2.05, 4.69) is 4.74 Å². The van der Waals surface area contributed by atoms with Crippen LogP contribution < -0.4 is 0 Å². The second-order valence-electron chi connectivity index (χ2n) is 2.85. The lowest BCUT2D eigenvalue weighted by molar-refractivity contribution is -0.140. The van der Waals surface area contributed by atoms with Gasteiger partial charge in [-0.25, -0.2) is 8.42 Å². The molecule has 0 aromatic heterocycles. The van der Waals surface area contributed by atoms with Crippen LogP contribution in [0.3, 0.4) is 0 Å². The topological polar surface area (TPSA) is 80.7 Å². The maximum absolute atomic E-state index is 11.2. The largest absolute Gasteiger partial charge is 0.481 e. The highest BCUT2D eigenvalue weighted by Crippen LogP contribution is 2.02. The molecule has 0 heterocycles. The van der Waals surface area contributed by atoms with Crippen molar-refractivity contribution in [2.75, 3.05) is 25.2 Å². The van der Waals surface area contributed by atoms with Crippen molar-refractivity contribution < 1.29 is 23.1 Å². The molecule has 0 aromatic rings. The van der Waals surface area contributed by atoms with Crippen LogP contribution >= 0.6 is 0 Å². The Hall–Kier alpha value is -0.620. The Morgan fingerprint density at radius 3 is 2.46 bits per heavy atom. The summed E-state index contributed by atoms with van der Waals surface area (Å²) in [5.41, 5.74) is 0. The number of hydrogen-bond acceptors (Lipinski definition) is 4. The van der Waals surface area contributed by atoms with Crippen LogP contribution in [0, 0.1) is 5.92 Å². The summed E-state index contributed by atoms with van der Waals surface area (Å²) >= 11 is 0. The molecule has 0 radical (unpaired) electrons. The normalized spacial score (nSPS) is 14.0. The highest BCUT2D eigenvalue weighted by Gasteiger charge is 2.20. The standard InChI is InChI=1S/C7H14O5S/c1-6(7(8)9)5-13(10,11)4-3-12-2/h6H,3-5H2,1-2H3,(H,8,9). The first-order valence-electron chi connectivity index (χ1n) is 3.81. The van der Waals surface area contributed by atoms with E-state index in [-0.39, 0.29) is 18.1 Å². The van der Waals surface area contributed by atoms with E-state index < -0.39 is 21.7 Å². The minimum Gasteiger partial charge on any atom is -0.481 e. The summed E-state index contributed by atoms with van der Waals surface area (Å²) in [4.78, 5) is 10.4. The minimum atomic E-state index is -3.29. The third kappa shape index (κ3) is 5.59. The maximum atomic E-state index is 11.2. The molecule has 5 nitrogen and oxygen atoms in total. The summed E-state index contributed by atoms with van der Waals surface area (Å²) in [6.45, 7) is 1.47. The molecule has 6 heteroatoms. The van der Waals surface area contributed by atoms with E-state index in [1.54, 1.807) is 0 Å². The molecule has 1 atom stereocenters. The molecular formula is C7H14O5S. The van der Waals surface area contributed by atoms with Gasteiger partial charge < -0.3 is 9.84 Å². The Morgan fingerprint density at radius 1 is 1.54 bits per heavy atom. The Kier molecular flexibility index (Phi) is 4.94. The minimum absolute atomic E-state index is 0.106. The lowest BCUT2D eigenvalue weighted by atomic mass is 10.2. The van der Waals surface area contributed by atoms with Crippen LogP contribution in [0.5, 0.6) is 0 Å². The summed E-state index contributed by atoms with van der Waals surface area (Å²) in [5, 5.41) is 8.48. The molecule has 1 unspecified atom stereocenters. The van der Waals surface area contributed by atoms with Crippen molar-refractivity contribution in [3.8, 4) is 0 Å². The smallest absolute Gasteiger partial charge is 0.307 e. The molecule has 0 amide bonds. The summed E-state index contributed by atoms with van der Waals surface area (Å²) in [7, 11) is -1.89. The second-order valence-corrected chi connectivity index (χ2v) is 5.08. The number of aliphatic carboxylic acids is 1. The predicted octanol–water partition coefficient (Wildman–Crippen LogP) is -0.232. The van der Waals surface area contributed by atoms with E-state index in [1.165, 1.54) is 14.0 Å². The van der Waals surface area contributed by atoms with Gasteiger partial charge in [0, 0.05) is 7.11 Å². The van der Waals surface area contributed by atoms with Gasteiger partial charge in [-0.3, -0.25) is 4.79 Å². The Labute approximate surface area is 77.6 Å². The van der Waals surface area contributed by atoms with Crippen LogP contribution in [-0.4, -0.2) is 44.7 Å². The molecular weight excluding hydrogens is 196 g/mol. The fourth-order valence-electron chi connectivity index (χ4n) is 0.746. The fourth-order valence-corrected chi connectivity index (χ4v) is 2.24. The molecule has 0 fully saturated rings. The Bertz CT molecular complexity index is 256. The van der Waals surface area contributed by atoms with Gasteiger partial charge in [-0.15, -0.1) is 0 Å². The maximum Gasteiger partial charge on any atom is 0.307 e. The Balaban J connectivity index is 4.10. The molecule has 0 rings (SSSR count). The van der Waals surface area contributed by atoms with Crippen LogP contribution in [0.1, 0.15) is 6.92 Å². The van der Waals surface area contributed by atoms with Crippen molar-refractivity contribution in [1.29, 1.82) is 0 Å². The van der Waals surface area contributed by atoms with Gasteiger partial charge in [0.15, 0.2) is 9.84 Å². The highest BCUT2D eigenvalue weighted by atomic mass is 32.2. The molecule has 0 bridgehead atoms. The molecule has 0 aliphatic rings. The number of rotatable bonds is 6. The molecule has 0 aromatic carbocycles. The van der Waals surface area contributed by atoms with Crippen molar-refractivity contribution in [2.45, 2.75) is 6.92 Å². The lowest BCUT2D eigenvalue weighted by Crippen LogP contribution is -2.24. The summed E-state index contributed by atoms with van der Waals surface area (Å²) in [6, 6.07) is 0. The van der Waals surface area contributed by atoms with Gasteiger partial charge in [0.2, 0.25) is 0 Å². The number of carbonyl (C=O) groups is 1. The van der Waals surface area contributed by atoms with Gasteiger partial charge in [-0.05, 0) is 0 Å². The zero-order chi connectivity index (χ0) is 10.5. The molecule has 0 aliphatic carbocycles. The van der Waals surface area contributed by atoms with E-state index in [4.69, 9.17) is 5.11 Å². The molecule has 13 heavy (non-hydrogen) atoms. The quantitative estimate of drug-likeness (QED) is 0.655. The van der Waals surface area contributed by atoms with E-state index in [9.17, 15) is 13.2 Å². The van der Waals surface area contributed by atoms with E-state index in [1.807, 2.05) is 0 Å². The van der Waals surface area contributed by atoms with Crippen LogP contribution in [0.2, 0.25) is 0 Å². The summed E-state index contributed by atoms with van der Waals surface area (Å²) < 4.78 is 26.9. The van der Waals surface area contributed by atoms with Crippen molar-refractivity contribution in [2.24, 2.45) is 5.92 Å². The van der Waals surface area contributed by atoms with Crippen molar-refractivity contribution in [1.82, 2.24) is 0 Å². The van der Waals surface area contributed by atoms with Crippen LogP contribution in [0.15, 0.2) is 0 Å². The third-order valence-corrected chi connectivity index (χ3v) is 3.32. The van der Waals surface area contributed by atoms with Gasteiger partial charge >= 0.3 is 5.97 Å². The van der Waals surface area contributed by atoms with E-state index >= 15 is 0 Å². The number of hydrogen-bond donors (Lipinski definition) is 1. The molecule has 0 saturated carbocycles. The number of carboxylic acids is 1. The SMILES string of the molecule is COCCS(=O)(=O)CC(C)C(=O)O. The van der Waals surface area contributed by atoms with E-state index in [0.29, 0.717) is 0 Å². The monoisotopic (exact) mass is 210 g/mol. The molecule has 1 N–H and O–H groups in total. The molecule has 0 spiro atoms. The molecule has 0 aliphatic heterocycles. The average Bonchev–Trinajstić information content (AvgIpc) is 2.00. The van der Waals surface area contributed by atoms with Gasteiger partial charge in [-0.2, -0.15) is 0 Å². The van der Waals surface area contributed by atoms with Crippen molar-refractivity contribution in [3.05, 3.63) is 0 Å². The lowest BCUT2D eigenvalue weighted by Gasteiger charge is -2.06. The van der Waals surface area contributed by atoms with Crippen LogP contribution in [0.25, 0.3) is 0 Å². The first kappa shape index (κ1) is 12.4. The molecule has 0 saturated heterocycles. The number of carboxylic acid groups (broad SMARTS) is 1. The molecule has 78 valence electrons. The zero-order valence-electron chi connectivity index (χ0n) is 7.69. The third-order valence-electron chi connectivity index (χ3n) is 1.52. The zero-order valence-corrected chi connectivity index (χ0v) is 8.50.